The third kappa shape index (κ3) is 5.83. The van der Waals surface area contributed by atoms with Crippen LogP contribution < -0.4 is 20.1 Å². The van der Waals surface area contributed by atoms with Crippen molar-refractivity contribution >= 4 is 24.3 Å². The van der Waals surface area contributed by atoms with Crippen LogP contribution in [0.5, 0.6) is 11.5 Å². The van der Waals surface area contributed by atoms with Crippen molar-refractivity contribution in [1.82, 2.24) is 20.1 Å². The van der Waals surface area contributed by atoms with Gasteiger partial charge in [0.15, 0.2) is 12.4 Å². The molecule has 1 saturated heterocycles. The third-order valence-electron chi connectivity index (χ3n) is 4.24. The molecular formula is C18H26ClN5O3. The van der Waals surface area contributed by atoms with Crippen molar-refractivity contribution in [1.29, 1.82) is 0 Å². The first-order valence-corrected chi connectivity index (χ1v) is 8.93. The SMILES string of the molecule is CCOc1ccc(OCC(=O)Nc2nc(C3CCNCC3)nn2C)cc1.Cl. The van der Waals surface area contributed by atoms with Crippen LogP contribution in [-0.2, 0) is 11.8 Å². The minimum Gasteiger partial charge on any atom is -0.494 e. The third-order valence-corrected chi connectivity index (χ3v) is 4.24. The summed E-state index contributed by atoms with van der Waals surface area (Å²) in [5, 5.41) is 10.5. The largest absolute Gasteiger partial charge is 0.494 e. The lowest BCUT2D eigenvalue weighted by atomic mass is 9.98. The fraction of sp³-hybridized carbons (Fsp3) is 0.500. The molecule has 0 radical (unpaired) electrons. The first-order valence-electron chi connectivity index (χ1n) is 8.93. The maximum absolute atomic E-state index is 12.1. The van der Waals surface area contributed by atoms with Crippen molar-refractivity contribution in [2.24, 2.45) is 7.05 Å². The van der Waals surface area contributed by atoms with E-state index in [0.29, 0.717) is 24.2 Å². The number of hydrogen-bond acceptors (Lipinski definition) is 6. The van der Waals surface area contributed by atoms with Gasteiger partial charge in [0.2, 0.25) is 5.95 Å². The number of aromatic nitrogens is 3. The van der Waals surface area contributed by atoms with Gasteiger partial charge in [0, 0.05) is 13.0 Å². The van der Waals surface area contributed by atoms with Crippen LogP contribution in [0.1, 0.15) is 31.5 Å². The molecule has 0 bridgehead atoms. The van der Waals surface area contributed by atoms with Gasteiger partial charge in [-0.15, -0.1) is 12.4 Å². The number of ether oxygens (including phenoxy) is 2. The van der Waals surface area contributed by atoms with Gasteiger partial charge in [0.1, 0.15) is 11.5 Å². The highest BCUT2D eigenvalue weighted by Gasteiger charge is 2.21. The standard InChI is InChI=1S/C18H25N5O3.ClH/c1-3-25-14-4-6-15(7-5-14)26-12-16(24)20-18-21-17(22-23(18)2)13-8-10-19-11-9-13;/h4-7,13,19H,3,8-12H2,1-2H3,(H,20,21,22,24);1H. The Morgan fingerprint density at radius 1 is 1.22 bits per heavy atom. The number of carbonyl (C=O) groups excluding carboxylic acids is 1. The summed E-state index contributed by atoms with van der Waals surface area (Å²) in [6, 6.07) is 7.17. The van der Waals surface area contributed by atoms with E-state index in [-0.39, 0.29) is 24.9 Å². The maximum atomic E-state index is 12.1. The number of halogens is 1. The second kappa shape index (κ2) is 10.1. The number of nitrogens with zero attached hydrogens (tertiary/aromatic N) is 3. The topological polar surface area (TPSA) is 90.3 Å². The van der Waals surface area contributed by atoms with Gasteiger partial charge in [-0.2, -0.15) is 10.1 Å². The highest BCUT2D eigenvalue weighted by atomic mass is 35.5. The van der Waals surface area contributed by atoms with Gasteiger partial charge >= 0.3 is 0 Å². The van der Waals surface area contributed by atoms with E-state index in [2.05, 4.69) is 20.7 Å². The van der Waals surface area contributed by atoms with Crippen LogP contribution in [0.4, 0.5) is 5.95 Å². The van der Waals surface area contributed by atoms with E-state index in [1.807, 2.05) is 19.1 Å². The summed E-state index contributed by atoms with van der Waals surface area (Å²) in [5.74, 6) is 2.68. The van der Waals surface area contributed by atoms with Gasteiger partial charge in [-0.05, 0) is 57.1 Å². The highest BCUT2D eigenvalue weighted by molar-refractivity contribution is 5.90. The molecule has 27 heavy (non-hydrogen) atoms. The zero-order chi connectivity index (χ0) is 18.4. The summed E-state index contributed by atoms with van der Waals surface area (Å²) < 4.78 is 12.5. The number of aryl methyl sites for hydroxylation is 1. The Hall–Kier alpha value is -2.32. The van der Waals surface area contributed by atoms with Gasteiger partial charge < -0.3 is 14.8 Å². The summed E-state index contributed by atoms with van der Waals surface area (Å²) in [4.78, 5) is 16.6. The number of anilines is 1. The average Bonchev–Trinajstić information content (AvgIpc) is 3.03. The van der Waals surface area contributed by atoms with Crippen LogP contribution >= 0.6 is 12.4 Å². The lowest BCUT2D eigenvalue weighted by Crippen LogP contribution is -2.27. The van der Waals surface area contributed by atoms with Gasteiger partial charge in [-0.3, -0.25) is 10.1 Å². The summed E-state index contributed by atoms with van der Waals surface area (Å²) in [5.41, 5.74) is 0. The lowest BCUT2D eigenvalue weighted by Gasteiger charge is -2.19. The molecule has 3 rings (SSSR count). The van der Waals surface area contributed by atoms with Gasteiger partial charge in [-0.25, -0.2) is 4.68 Å². The maximum Gasteiger partial charge on any atom is 0.264 e. The zero-order valence-corrected chi connectivity index (χ0v) is 16.4. The molecule has 148 valence electrons. The van der Waals surface area contributed by atoms with Crippen LogP contribution in [0.15, 0.2) is 24.3 Å². The minimum atomic E-state index is -0.272. The van der Waals surface area contributed by atoms with Crippen LogP contribution in [0.3, 0.4) is 0 Å². The van der Waals surface area contributed by atoms with E-state index < -0.39 is 0 Å². The Morgan fingerprint density at radius 3 is 2.48 bits per heavy atom. The predicted molar refractivity (Wildman–Crippen MR) is 105 cm³/mol. The number of carbonyl (C=O) groups is 1. The molecule has 1 aromatic carbocycles. The minimum absolute atomic E-state index is 0. The quantitative estimate of drug-likeness (QED) is 0.746. The molecule has 2 aromatic rings. The molecule has 0 unspecified atom stereocenters. The Labute approximate surface area is 165 Å². The van der Waals surface area contributed by atoms with Crippen molar-refractivity contribution in [2.75, 3.05) is 31.6 Å². The molecule has 9 heteroatoms. The highest BCUT2D eigenvalue weighted by Crippen LogP contribution is 2.23. The van der Waals surface area contributed by atoms with Crippen LogP contribution in [0, 0.1) is 0 Å². The Bertz CT molecular complexity index is 729. The first-order chi connectivity index (χ1) is 12.7. The van der Waals surface area contributed by atoms with Crippen molar-refractivity contribution in [3.8, 4) is 11.5 Å². The zero-order valence-electron chi connectivity index (χ0n) is 15.6. The Kier molecular flexibility index (Phi) is 7.87. The number of rotatable bonds is 7. The number of hydrogen-bond donors (Lipinski definition) is 2. The molecule has 1 amide bonds. The molecule has 2 N–H and O–H groups in total. The summed E-state index contributed by atoms with van der Waals surface area (Å²) in [7, 11) is 1.78. The molecule has 1 aliphatic rings. The summed E-state index contributed by atoms with van der Waals surface area (Å²) in [6.45, 7) is 4.39. The van der Waals surface area contributed by atoms with Gasteiger partial charge in [0.25, 0.3) is 5.91 Å². The van der Waals surface area contributed by atoms with Crippen molar-refractivity contribution in [3.05, 3.63) is 30.1 Å². The van der Waals surface area contributed by atoms with Gasteiger partial charge in [-0.1, -0.05) is 0 Å². The molecule has 1 fully saturated rings. The first kappa shape index (κ1) is 21.0. The number of benzene rings is 1. The van der Waals surface area contributed by atoms with E-state index >= 15 is 0 Å². The molecule has 0 spiro atoms. The fourth-order valence-electron chi connectivity index (χ4n) is 2.87. The van der Waals surface area contributed by atoms with Crippen molar-refractivity contribution in [3.63, 3.8) is 0 Å². The second-order valence-electron chi connectivity index (χ2n) is 6.18. The predicted octanol–water partition coefficient (Wildman–Crippen LogP) is 2.12. The van der Waals surface area contributed by atoms with E-state index in [9.17, 15) is 4.79 Å². The van der Waals surface area contributed by atoms with E-state index in [0.717, 1.165) is 37.5 Å². The van der Waals surface area contributed by atoms with Crippen molar-refractivity contribution < 1.29 is 14.3 Å². The van der Waals surface area contributed by atoms with E-state index in [1.54, 1.807) is 23.9 Å². The summed E-state index contributed by atoms with van der Waals surface area (Å²) in [6.07, 6.45) is 2.02. The molecule has 0 aliphatic carbocycles. The molecule has 1 aromatic heterocycles. The van der Waals surface area contributed by atoms with Gasteiger partial charge in [0.05, 0.1) is 6.61 Å². The second-order valence-corrected chi connectivity index (χ2v) is 6.18. The summed E-state index contributed by atoms with van der Waals surface area (Å²) >= 11 is 0. The normalized spacial score (nSPS) is 14.3. The Morgan fingerprint density at radius 2 is 1.85 bits per heavy atom. The molecular weight excluding hydrogens is 370 g/mol. The number of piperidine rings is 1. The molecule has 0 atom stereocenters. The molecule has 0 saturated carbocycles. The van der Waals surface area contributed by atoms with Crippen molar-refractivity contribution in [2.45, 2.75) is 25.7 Å². The number of amides is 1. The average molecular weight is 396 g/mol. The Balaban J connectivity index is 0.00000261. The van der Waals surface area contributed by atoms with E-state index in [4.69, 9.17) is 9.47 Å². The molecule has 1 aliphatic heterocycles. The lowest BCUT2D eigenvalue weighted by molar-refractivity contribution is -0.118. The molecule has 8 nitrogen and oxygen atoms in total. The van der Waals surface area contributed by atoms with E-state index in [1.165, 1.54) is 0 Å². The van der Waals surface area contributed by atoms with Crippen LogP contribution in [0.2, 0.25) is 0 Å². The smallest absolute Gasteiger partial charge is 0.264 e. The van der Waals surface area contributed by atoms with Crippen LogP contribution in [-0.4, -0.2) is 47.0 Å². The number of nitrogens with one attached hydrogen (secondary N) is 2. The van der Waals surface area contributed by atoms with Crippen LogP contribution in [0.25, 0.3) is 0 Å². The fourth-order valence-corrected chi connectivity index (χ4v) is 2.87. The monoisotopic (exact) mass is 395 g/mol. The molecule has 2 heterocycles.